The van der Waals surface area contributed by atoms with E-state index in [2.05, 4.69) is 16.0 Å². The predicted octanol–water partition coefficient (Wildman–Crippen LogP) is 1.22. The Hall–Kier alpha value is -3.89. The fourth-order valence-electron chi connectivity index (χ4n) is 4.89. The second-order valence-corrected chi connectivity index (χ2v) is 10.4. The van der Waals surface area contributed by atoms with Crippen molar-refractivity contribution < 1.29 is 29.3 Å². The van der Waals surface area contributed by atoms with E-state index in [0.29, 0.717) is 18.9 Å². The van der Waals surface area contributed by atoms with Crippen molar-refractivity contribution in [1.29, 1.82) is 0 Å². The van der Waals surface area contributed by atoms with Crippen LogP contribution in [0, 0.1) is 5.92 Å². The minimum Gasteiger partial charge on any atom is -0.508 e. The summed E-state index contributed by atoms with van der Waals surface area (Å²) >= 11 is 0. The summed E-state index contributed by atoms with van der Waals surface area (Å²) in [5.41, 5.74) is 1.57. The van der Waals surface area contributed by atoms with E-state index < -0.39 is 36.0 Å². The van der Waals surface area contributed by atoms with Gasteiger partial charge in [0.25, 0.3) is 0 Å². The van der Waals surface area contributed by atoms with Crippen molar-refractivity contribution in [3.8, 4) is 11.5 Å². The van der Waals surface area contributed by atoms with Gasteiger partial charge in [-0.05, 0) is 49.4 Å². The zero-order valence-electron chi connectivity index (χ0n) is 22.9. The fraction of sp³-hybridized carbons (Fsp3) is 0.433. The molecule has 0 radical (unpaired) electrons. The molecule has 1 heterocycles. The minimum atomic E-state index is -1.20. The zero-order chi connectivity index (χ0) is 28.6. The number of para-hydroxylation sites is 1. The van der Waals surface area contributed by atoms with Gasteiger partial charge in [-0.1, -0.05) is 42.5 Å². The molecule has 40 heavy (non-hydrogen) atoms. The Morgan fingerprint density at radius 2 is 1.77 bits per heavy atom. The molecule has 0 saturated heterocycles. The lowest BCUT2D eigenvalue weighted by atomic mass is 10.0. The average Bonchev–Trinajstić information content (AvgIpc) is 3.77. The van der Waals surface area contributed by atoms with Gasteiger partial charge in [0.1, 0.15) is 30.2 Å². The summed E-state index contributed by atoms with van der Waals surface area (Å²) in [5, 5.41) is 29.1. The fourth-order valence-corrected chi connectivity index (χ4v) is 4.89. The largest absolute Gasteiger partial charge is 0.508 e. The number of likely N-dealkylation sites (N-methyl/N-ethyl adjacent to an activating group) is 1. The first-order valence-corrected chi connectivity index (χ1v) is 13.7. The average molecular weight is 551 g/mol. The number of aliphatic hydroxyl groups excluding tert-OH is 1. The first-order chi connectivity index (χ1) is 19.2. The Bertz CT molecular complexity index is 1210. The van der Waals surface area contributed by atoms with Crippen molar-refractivity contribution in [3.63, 3.8) is 0 Å². The second kappa shape index (κ2) is 13.5. The summed E-state index contributed by atoms with van der Waals surface area (Å²) in [5.74, 6) is -0.439. The second-order valence-electron chi connectivity index (χ2n) is 10.4. The van der Waals surface area contributed by atoms with Gasteiger partial charge in [-0.2, -0.15) is 0 Å². The third-order valence-corrected chi connectivity index (χ3v) is 7.19. The van der Waals surface area contributed by atoms with Gasteiger partial charge >= 0.3 is 0 Å². The number of phenols is 1. The Labute approximate surface area is 234 Å². The van der Waals surface area contributed by atoms with Crippen LogP contribution in [0.25, 0.3) is 6.08 Å². The maximum Gasteiger partial charge on any atom is 0.246 e. The third-order valence-electron chi connectivity index (χ3n) is 7.19. The minimum absolute atomic E-state index is 0.0875. The summed E-state index contributed by atoms with van der Waals surface area (Å²) in [6.07, 6.45) is 4.41. The highest BCUT2D eigenvalue weighted by molar-refractivity contribution is 5.93. The van der Waals surface area contributed by atoms with E-state index in [0.717, 1.165) is 24.0 Å². The van der Waals surface area contributed by atoms with Gasteiger partial charge < -0.3 is 35.8 Å². The van der Waals surface area contributed by atoms with Gasteiger partial charge in [0, 0.05) is 32.1 Å². The first kappa shape index (κ1) is 29.1. The van der Waals surface area contributed by atoms with Crippen LogP contribution in [0.5, 0.6) is 11.5 Å². The number of aliphatic hydroxyl groups is 1. The molecule has 214 valence electrons. The number of aromatic hydroxyl groups is 1. The van der Waals surface area contributed by atoms with Crippen LogP contribution < -0.4 is 20.7 Å². The predicted molar refractivity (Wildman–Crippen MR) is 150 cm³/mol. The molecule has 4 atom stereocenters. The Kier molecular flexibility index (Phi) is 9.79. The van der Waals surface area contributed by atoms with Crippen LogP contribution in [0.1, 0.15) is 30.9 Å². The molecule has 0 bridgehead atoms. The number of hydrogen-bond donors (Lipinski definition) is 5. The molecule has 3 amide bonds. The van der Waals surface area contributed by atoms with Crippen molar-refractivity contribution in [1.82, 2.24) is 20.9 Å². The molecule has 10 nitrogen and oxygen atoms in total. The number of amides is 3. The number of ether oxygens (including phenoxy) is 1. The highest BCUT2D eigenvalue weighted by Gasteiger charge is 2.41. The standard InChI is InChI=1S/C30H38N4O6/c1-19(35)27-29(38)33-24(18-20-9-13-23(36)14-10-20)28(37)32-15-5-7-21-6-3-4-8-25(21)40-17-16-31-26(22-11-12-22)30(39)34(27)2/h3-10,13-14,19,22,24,26-27,31,35-36H,11-12,15-18H2,1-2H3,(H,32,37)(H,33,38)/t19?,24-,26+,27+/m1/s1. The smallest absolute Gasteiger partial charge is 0.246 e. The lowest BCUT2D eigenvalue weighted by Crippen LogP contribution is -2.60. The van der Waals surface area contributed by atoms with Crippen LogP contribution in [0.15, 0.2) is 54.6 Å². The number of nitrogens with one attached hydrogen (secondary N) is 3. The van der Waals surface area contributed by atoms with Gasteiger partial charge in [0.2, 0.25) is 17.7 Å². The number of carbonyl (C=O) groups excluding carboxylic acids is 3. The van der Waals surface area contributed by atoms with Crippen molar-refractivity contribution >= 4 is 23.8 Å². The lowest BCUT2D eigenvalue weighted by Gasteiger charge is -2.33. The maximum atomic E-state index is 13.6. The molecule has 1 saturated carbocycles. The van der Waals surface area contributed by atoms with E-state index in [1.165, 1.54) is 31.0 Å². The SMILES string of the molecule is CC(O)[C@H]1C(=O)N[C@H](Cc2ccc(O)cc2)C(=O)NCC=Cc2ccccc2OCCN[C@@H](C2CC2)C(=O)N1C. The normalized spacial score (nSPS) is 24.1. The van der Waals surface area contributed by atoms with Crippen LogP contribution in [0.4, 0.5) is 0 Å². The molecule has 1 aliphatic heterocycles. The molecule has 4 rings (SSSR count). The van der Waals surface area contributed by atoms with Gasteiger partial charge in [-0.3, -0.25) is 14.4 Å². The molecule has 1 fully saturated rings. The number of rotatable bonds is 4. The molecule has 0 aromatic heterocycles. The summed E-state index contributed by atoms with van der Waals surface area (Å²) < 4.78 is 5.99. The number of hydrogen-bond acceptors (Lipinski definition) is 7. The number of fused-ring (bicyclic) bond motifs is 1. The maximum absolute atomic E-state index is 13.6. The molecular formula is C30H38N4O6. The summed E-state index contributed by atoms with van der Waals surface area (Å²) in [6, 6.07) is 11.2. The molecule has 1 unspecified atom stereocenters. The van der Waals surface area contributed by atoms with E-state index in [1.54, 1.807) is 18.2 Å². The molecule has 10 heteroatoms. The molecule has 2 aromatic rings. The number of carbonyl (C=O) groups is 3. The quantitative estimate of drug-likeness (QED) is 0.386. The zero-order valence-corrected chi connectivity index (χ0v) is 22.9. The Morgan fingerprint density at radius 1 is 1.05 bits per heavy atom. The summed E-state index contributed by atoms with van der Waals surface area (Å²) in [7, 11) is 1.50. The lowest BCUT2D eigenvalue weighted by molar-refractivity contribution is -0.145. The topological polar surface area (TPSA) is 140 Å². The summed E-state index contributed by atoms with van der Waals surface area (Å²) in [6.45, 7) is 2.42. The summed E-state index contributed by atoms with van der Waals surface area (Å²) in [4.78, 5) is 41.6. The third kappa shape index (κ3) is 7.61. The van der Waals surface area contributed by atoms with Gasteiger partial charge in [-0.25, -0.2) is 0 Å². The van der Waals surface area contributed by atoms with Gasteiger partial charge in [-0.15, -0.1) is 0 Å². The van der Waals surface area contributed by atoms with Crippen LogP contribution in [-0.2, 0) is 20.8 Å². The molecule has 2 aromatic carbocycles. The monoisotopic (exact) mass is 550 g/mol. The number of phenolic OH excluding ortho intramolecular Hbond substituents is 1. The van der Waals surface area contributed by atoms with E-state index in [4.69, 9.17) is 4.74 Å². The highest BCUT2D eigenvalue weighted by atomic mass is 16.5. The van der Waals surface area contributed by atoms with E-state index in [1.807, 2.05) is 30.3 Å². The number of nitrogens with zero attached hydrogens (tertiary/aromatic N) is 1. The van der Waals surface area contributed by atoms with Crippen molar-refractivity contribution in [2.24, 2.45) is 5.92 Å². The van der Waals surface area contributed by atoms with Crippen molar-refractivity contribution in [3.05, 3.63) is 65.7 Å². The number of benzene rings is 2. The van der Waals surface area contributed by atoms with E-state index in [-0.39, 0.29) is 30.5 Å². The Balaban J connectivity index is 1.62. The van der Waals surface area contributed by atoms with Crippen LogP contribution in [0.2, 0.25) is 0 Å². The van der Waals surface area contributed by atoms with Crippen molar-refractivity contribution in [2.45, 2.75) is 50.4 Å². The first-order valence-electron chi connectivity index (χ1n) is 13.7. The molecule has 0 spiro atoms. The Morgan fingerprint density at radius 3 is 2.48 bits per heavy atom. The van der Waals surface area contributed by atoms with E-state index in [9.17, 15) is 24.6 Å². The van der Waals surface area contributed by atoms with Crippen LogP contribution in [-0.4, -0.2) is 83.8 Å². The van der Waals surface area contributed by atoms with Gasteiger partial charge in [0.05, 0.1) is 12.1 Å². The molecular weight excluding hydrogens is 512 g/mol. The highest BCUT2D eigenvalue weighted by Crippen LogP contribution is 2.33. The van der Waals surface area contributed by atoms with Gasteiger partial charge in [0.15, 0.2) is 0 Å². The van der Waals surface area contributed by atoms with Crippen molar-refractivity contribution in [2.75, 3.05) is 26.7 Å². The molecule has 1 aliphatic carbocycles. The van der Waals surface area contributed by atoms with Crippen LogP contribution >= 0.6 is 0 Å². The molecule has 5 N–H and O–H groups in total. The molecule has 2 aliphatic rings. The van der Waals surface area contributed by atoms with Crippen LogP contribution in [0.3, 0.4) is 0 Å². The van der Waals surface area contributed by atoms with E-state index >= 15 is 0 Å².